The lowest BCUT2D eigenvalue weighted by molar-refractivity contribution is 0.853. The Labute approximate surface area is 165 Å². The van der Waals surface area contributed by atoms with Crippen LogP contribution in [0.15, 0.2) is 76.0 Å². The normalized spacial score (nSPS) is 10.5. The summed E-state index contributed by atoms with van der Waals surface area (Å²) in [7, 11) is 0. The van der Waals surface area contributed by atoms with Crippen molar-refractivity contribution in [1.29, 1.82) is 0 Å². The van der Waals surface area contributed by atoms with E-state index in [4.69, 9.17) is 11.5 Å². The molecule has 2 aromatic carbocycles. The van der Waals surface area contributed by atoms with E-state index < -0.39 is 0 Å². The number of rotatable bonds is 4. The molecule has 4 rings (SSSR count). The van der Waals surface area contributed by atoms with E-state index >= 15 is 0 Å². The molecule has 0 fully saturated rings. The second kappa shape index (κ2) is 7.30. The second-order valence-electron chi connectivity index (χ2n) is 6.29. The van der Waals surface area contributed by atoms with Crippen LogP contribution in [0.25, 0.3) is 23.5 Å². The van der Waals surface area contributed by atoms with Crippen LogP contribution in [0.4, 0.5) is 11.6 Å². The van der Waals surface area contributed by atoms with Gasteiger partial charge in [0.25, 0.3) is 11.1 Å². The Morgan fingerprint density at radius 2 is 1.07 bits per heavy atom. The lowest BCUT2D eigenvalue weighted by atomic mass is 10.2. The van der Waals surface area contributed by atoms with Gasteiger partial charge < -0.3 is 11.5 Å². The van der Waals surface area contributed by atoms with Crippen LogP contribution in [0.1, 0.15) is 11.1 Å². The molecule has 4 aromatic rings. The minimum absolute atomic E-state index is 0.198. The molecule has 0 aliphatic carbocycles. The van der Waals surface area contributed by atoms with Crippen LogP contribution < -0.4 is 22.6 Å². The first-order valence-corrected chi connectivity index (χ1v) is 8.80. The van der Waals surface area contributed by atoms with Gasteiger partial charge in [-0.25, -0.2) is 9.36 Å². The molecule has 144 valence electrons. The zero-order valence-electron chi connectivity index (χ0n) is 15.3. The summed E-state index contributed by atoms with van der Waals surface area (Å²) in [6, 6.07) is 18.1. The fraction of sp³-hybridized carbons (Fsp3) is 0. The number of H-pyrrole nitrogens is 2. The molecule has 29 heavy (non-hydrogen) atoms. The number of nitrogen functional groups attached to an aromatic ring is 2. The van der Waals surface area contributed by atoms with Crippen molar-refractivity contribution in [3.05, 3.63) is 98.2 Å². The van der Waals surface area contributed by atoms with Crippen LogP contribution in [-0.2, 0) is 0 Å². The number of nitrogens with two attached hydrogens (primary N) is 2. The molecule has 0 spiro atoms. The second-order valence-corrected chi connectivity index (χ2v) is 6.29. The van der Waals surface area contributed by atoms with Crippen molar-refractivity contribution in [2.24, 2.45) is 0 Å². The van der Waals surface area contributed by atoms with Gasteiger partial charge >= 0.3 is 0 Å². The van der Waals surface area contributed by atoms with E-state index in [0.29, 0.717) is 11.4 Å². The van der Waals surface area contributed by atoms with E-state index in [2.05, 4.69) is 15.9 Å². The first-order chi connectivity index (χ1) is 14.1. The Kier molecular flexibility index (Phi) is 4.52. The van der Waals surface area contributed by atoms with Gasteiger partial charge in [0, 0.05) is 0 Å². The van der Waals surface area contributed by atoms with Crippen molar-refractivity contribution in [2.75, 3.05) is 11.5 Å². The highest BCUT2D eigenvalue weighted by Gasteiger charge is 2.12. The van der Waals surface area contributed by atoms with Crippen LogP contribution in [-0.4, -0.2) is 19.6 Å². The number of para-hydroxylation sites is 2. The maximum absolute atomic E-state index is 12.6. The van der Waals surface area contributed by atoms with Crippen LogP contribution in [0.5, 0.6) is 0 Å². The summed E-state index contributed by atoms with van der Waals surface area (Å²) in [5.74, 6) is 0.395. The smallest absolute Gasteiger partial charge is 0.281 e. The third-order valence-corrected chi connectivity index (χ3v) is 4.40. The van der Waals surface area contributed by atoms with Crippen LogP contribution in [0.2, 0.25) is 0 Å². The summed E-state index contributed by atoms with van der Waals surface area (Å²) in [4.78, 5) is 25.3. The van der Waals surface area contributed by atoms with E-state index in [1.54, 1.807) is 24.3 Å². The summed E-state index contributed by atoms with van der Waals surface area (Å²) in [5.41, 5.74) is 15.9. The van der Waals surface area contributed by atoms with Crippen LogP contribution in [0.3, 0.4) is 0 Å². The number of nitrogens with zero attached hydrogens (tertiary/aromatic N) is 2. The molecule has 0 aliphatic rings. The average molecular weight is 386 g/mol. The van der Waals surface area contributed by atoms with Crippen molar-refractivity contribution in [3.8, 4) is 11.4 Å². The molecule has 0 bridgehead atoms. The Morgan fingerprint density at radius 1 is 0.690 bits per heavy atom. The van der Waals surface area contributed by atoms with E-state index in [9.17, 15) is 9.59 Å². The molecule has 0 aliphatic heterocycles. The van der Waals surface area contributed by atoms with E-state index in [1.807, 2.05) is 36.4 Å². The van der Waals surface area contributed by atoms with Gasteiger partial charge in [0.15, 0.2) is 0 Å². The van der Waals surface area contributed by atoms with Gasteiger partial charge in [-0.1, -0.05) is 36.4 Å². The highest BCUT2D eigenvalue weighted by molar-refractivity contribution is 5.67. The maximum Gasteiger partial charge on any atom is 0.281 e. The van der Waals surface area contributed by atoms with Gasteiger partial charge in [-0.3, -0.25) is 19.8 Å². The Morgan fingerprint density at radius 3 is 1.45 bits per heavy atom. The Balaban J connectivity index is 1.71. The quantitative estimate of drug-likeness (QED) is 0.401. The van der Waals surface area contributed by atoms with Crippen molar-refractivity contribution in [2.45, 2.75) is 0 Å². The van der Waals surface area contributed by atoms with Crippen molar-refractivity contribution in [1.82, 2.24) is 19.6 Å². The molecule has 6 N–H and O–H groups in total. The van der Waals surface area contributed by atoms with E-state index in [1.165, 1.54) is 21.5 Å². The third kappa shape index (κ3) is 3.31. The zero-order valence-corrected chi connectivity index (χ0v) is 15.3. The van der Waals surface area contributed by atoms with Gasteiger partial charge in [0.1, 0.15) is 11.6 Å². The molecule has 0 saturated carbocycles. The number of hydrogen-bond acceptors (Lipinski definition) is 4. The van der Waals surface area contributed by atoms with Gasteiger partial charge in [0.05, 0.1) is 22.5 Å². The number of anilines is 2. The van der Waals surface area contributed by atoms with E-state index in [-0.39, 0.29) is 33.9 Å². The third-order valence-electron chi connectivity index (χ3n) is 4.40. The SMILES string of the molecule is Nc1[nH]n(-c2ccccc2)c(=O)c1C=C=Cc1c(N)[nH]n(-c2ccccc2)c1=O. The van der Waals surface area contributed by atoms with Crippen molar-refractivity contribution in [3.63, 3.8) is 0 Å². The largest absolute Gasteiger partial charge is 0.383 e. The van der Waals surface area contributed by atoms with Gasteiger partial charge in [-0.2, -0.15) is 0 Å². The molecular formula is C21H18N6O2. The highest BCUT2D eigenvalue weighted by Crippen LogP contribution is 2.12. The summed E-state index contributed by atoms with van der Waals surface area (Å²) in [6.45, 7) is 0. The average Bonchev–Trinajstić information content (AvgIpc) is 3.19. The van der Waals surface area contributed by atoms with Crippen molar-refractivity contribution >= 4 is 23.8 Å². The van der Waals surface area contributed by atoms with Gasteiger partial charge in [-0.15, -0.1) is 5.73 Å². The fourth-order valence-electron chi connectivity index (χ4n) is 2.94. The molecule has 2 heterocycles. The van der Waals surface area contributed by atoms with Gasteiger partial charge in [0.2, 0.25) is 0 Å². The molecular weight excluding hydrogens is 368 g/mol. The molecule has 0 saturated heterocycles. The van der Waals surface area contributed by atoms with Crippen LogP contribution >= 0.6 is 0 Å². The first kappa shape index (κ1) is 18.0. The maximum atomic E-state index is 12.6. The van der Waals surface area contributed by atoms with Crippen LogP contribution in [0, 0.1) is 0 Å². The molecule has 0 unspecified atom stereocenters. The lowest BCUT2D eigenvalue weighted by Crippen LogP contribution is -2.15. The minimum atomic E-state index is -0.321. The standard InChI is InChI=1S/C21H18N6O2/c22-18-16(20(28)26(24-18)14-8-3-1-4-9-14)12-7-13-17-19(23)25-27(21(17)29)15-10-5-2-6-11-15/h1-6,8-13,24-25H,22-23H2. The molecule has 8 heteroatoms. The van der Waals surface area contributed by atoms with Gasteiger partial charge in [-0.05, 0) is 36.4 Å². The highest BCUT2D eigenvalue weighted by atomic mass is 16.1. The summed E-state index contributed by atoms with van der Waals surface area (Å²) in [6.07, 6.45) is 2.85. The van der Waals surface area contributed by atoms with E-state index in [0.717, 1.165) is 0 Å². The lowest BCUT2D eigenvalue weighted by Gasteiger charge is -1.99. The Hall–Kier alpha value is -4.42. The van der Waals surface area contributed by atoms with Crippen molar-refractivity contribution < 1.29 is 0 Å². The number of benzene rings is 2. The number of nitrogens with one attached hydrogen (secondary N) is 2. The summed E-state index contributed by atoms with van der Waals surface area (Å²) in [5, 5.41) is 5.65. The molecule has 2 aromatic heterocycles. The molecule has 8 nitrogen and oxygen atoms in total. The first-order valence-electron chi connectivity index (χ1n) is 8.80. The molecule has 0 radical (unpaired) electrons. The fourth-order valence-corrected chi connectivity index (χ4v) is 2.94. The monoisotopic (exact) mass is 386 g/mol. The topological polar surface area (TPSA) is 128 Å². The predicted molar refractivity (Wildman–Crippen MR) is 114 cm³/mol. The summed E-state index contributed by atoms with van der Waals surface area (Å²) < 4.78 is 2.69. The number of aromatic amines is 2. The molecule has 0 amide bonds. The predicted octanol–water partition coefficient (Wildman–Crippen LogP) is 2.13. The Bertz CT molecular complexity index is 1230. The summed E-state index contributed by atoms with van der Waals surface area (Å²) >= 11 is 0. The molecule has 0 atom stereocenters. The zero-order chi connectivity index (χ0) is 20.4. The number of hydrogen-bond donors (Lipinski definition) is 4. The minimum Gasteiger partial charge on any atom is -0.383 e. The number of aromatic nitrogens is 4.